The maximum atomic E-state index is 13.6. The Balaban J connectivity index is 2.46. The van der Waals surface area contributed by atoms with Crippen LogP contribution in [0.1, 0.15) is 37.0 Å². The predicted molar refractivity (Wildman–Crippen MR) is 133 cm³/mol. The molecule has 0 saturated heterocycles. The van der Waals surface area contributed by atoms with Crippen LogP contribution in [-0.4, -0.2) is 50.5 Å². The second-order valence-electron chi connectivity index (χ2n) is 8.03. The average molecular weight is 494 g/mol. The number of hydrogen-bond donors (Lipinski definition) is 1. The fourth-order valence-corrected chi connectivity index (χ4v) is 4.61. The van der Waals surface area contributed by atoms with Crippen LogP contribution < -0.4 is 9.62 Å². The Morgan fingerprint density at radius 1 is 1.06 bits per heavy atom. The molecule has 2 rings (SSSR count). The van der Waals surface area contributed by atoms with Crippen molar-refractivity contribution in [2.24, 2.45) is 0 Å². The van der Waals surface area contributed by atoms with Crippen molar-refractivity contribution in [1.82, 2.24) is 10.2 Å². The predicted octanol–water partition coefficient (Wildman–Crippen LogP) is 3.67. The fraction of sp³-hybridized carbons (Fsp3) is 0.417. The minimum absolute atomic E-state index is 0.149. The van der Waals surface area contributed by atoms with Crippen LogP contribution in [0, 0.1) is 13.8 Å². The lowest BCUT2D eigenvalue weighted by atomic mass is 10.1. The number of anilines is 1. The molecule has 2 aromatic rings. The van der Waals surface area contributed by atoms with Crippen molar-refractivity contribution in [2.45, 2.75) is 46.7 Å². The van der Waals surface area contributed by atoms with E-state index in [1.54, 1.807) is 37.3 Å². The summed E-state index contributed by atoms with van der Waals surface area (Å²) >= 11 is 5.99. The van der Waals surface area contributed by atoms with E-state index in [4.69, 9.17) is 11.6 Å². The van der Waals surface area contributed by atoms with Gasteiger partial charge in [0.25, 0.3) is 0 Å². The van der Waals surface area contributed by atoms with Crippen molar-refractivity contribution in [3.8, 4) is 0 Å². The second kappa shape index (κ2) is 11.5. The summed E-state index contributed by atoms with van der Waals surface area (Å²) in [4.78, 5) is 27.8. The molecule has 0 saturated carbocycles. The van der Waals surface area contributed by atoms with Crippen LogP contribution in [-0.2, 0) is 26.2 Å². The van der Waals surface area contributed by atoms with Gasteiger partial charge in [0, 0.05) is 18.1 Å². The maximum absolute atomic E-state index is 13.6. The van der Waals surface area contributed by atoms with Crippen molar-refractivity contribution in [2.75, 3.05) is 23.7 Å². The minimum atomic E-state index is -3.76. The highest BCUT2D eigenvalue weighted by molar-refractivity contribution is 7.92. The highest BCUT2D eigenvalue weighted by atomic mass is 35.5. The lowest BCUT2D eigenvalue weighted by Gasteiger charge is -2.33. The summed E-state index contributed by atoms with van der Waals surface area (Å²) in [5, 5.41) is 3.33. The van der Waals surface area contributed by atoms with Crippen LogP contribution in [0.2, 0.25) is 5.02 Å². The molecule has 2 aromatic carbocycles. The molecule has 180 valence electrons. The number of benzene rings is 2. The van der Waals surface area contributed by atoms with E-state index < -0.39 is 28.5 Å². The van der Waals surface area contributed by atoms with E-state index in [1.807, 2.05) is 32.9 Å². The quantitative estimate of drug-likeness (QED) is 0.547. The van der Waals surface area contributed by atoms with Crippen molar-refractivity contribution >= 4 is 39.1 Å². The van der Waals surface area contributed by atoms with Gasteiger partial charge in [0.15, 0.2) is 0 Å². The highest BCUT2D eigenvalue weighted by Gasteiger charge is 2.31. The van der Waals surface area contributed by atoms with Gasteiger partial charge in [0.1, 0.15) is 12.6 Å². The Hall–Kier alpha value is -2.58. The van der Waals surface area contributed by atoms with Gasteiger partial charge in [-0.05, 0) is 62.1 Å². The monoisotopic (exact) mass is 493 g/mol. The molecule has 0 fully saturated rings. The third kappa shape index (κ3) is 7.20. The zero-order chi connectivity index (χ0) is 24.8. The largest absolute Gasteiger partial charge is 0.355 e. The van der Waals surface area contributed by atoms with Crippen molar-refractivity contribution < 1.29 is 18.0 Å². The number of nitrogens with zero attached hydrogens (tertiary/aromatic N) is 2. The van der Waals surface area contributed by atoms with E-state index in [2.05, 4.69) is 5.32 Å². The van der Waals surface area contributed by atoms with E-state index in [1.165, 1.54) is 4.90 Å². The maximum Gasteiger partial charge on any atom is 0.244 e. The van der Waals surface area contributed by atoms with Crippen LogP contribution >= 0.6 is 11.6 Å². The van der Waals surface area contributed by atoms with Crippen molar-refractivity contribution in [3.05, 3.63) is 64.2 Å². The van der Waals surface area contributed by atoms with Crippen molar-refractivity contribution in [3.63, 3.8) is 0 Å². The molecule has 0 heterocycles. The number of carbonyl (C=O) groups excluding carboxylic acids is 2. The van der Waals surface area contributed by atoms with E-state index in [0.717, 1.165) is 27.3 Å². The summed E-state index contributed by atoms with van der Waals surface area (Å²) in [5.41, 5.74) is 2.85. The fourth-order valence-electron chi connectivity index (χ4n) is 3.58. The van der Waals surface area contributed by atoms with E-state index in [9.17, 15) is 18.0 Å². The molecule has 0 aliphatic rings. The molecular weight excluding hydrogens is 462 g/mol. The first kappa shape index (κ1) is 26.7. The molecular formula is C24H32ClN3O4S. The van der Waals surface area contributed by atoms with Crippen LogP contribution in [0.4, 0.5) is 5.69 Å². The molecule has 2 amide bonds. The first-order valence-electron chi connectivity index (χ1n) is 10.8. The third-order valence-corrected chi connectivity index (χ3v) is 6.69. The number of sulfonamides is 1. The first-order valence-corrected chi connectivity index (χ1v) is 13.1. The van der Waals surface area contributed by atoms with Crippen LogP contribution in [0.5, 0.6) is 0 Å². The van der Waals surface area contributed by atoms with Gasteiger partial charge >= 0.3 is 0 Å². The Bertz CT molecular complexity index is 1090. The Morgan fingerprint density at radius 2 is 1.70 bits per heavy atom. The normalized spacial score (nSPS) is 12.2. The van der Waals surface area contributed by atoms with E-state index in [-0.39, 0.29) is 12.5 Å². The highest BCUT2D eigenvalue weighted by Crippen LogP contribution is 2.25. The standard InChI is InChI=1S/C24H32ClN3O4S/c1-6-21(24(30)26-7-2)27(15-19-10-12-20(25)13-11-19)23(29)16-28(33(5,31)32)22-14-17(3)8-9-18(22)4/h8-14,21H,6-7,15-16H2,1-5H3,(H,26,30)/t21-/m0/s1. The molecule has 0 aliphatic carbocycles. The molecule has 0 radical (unpaired) electrons. The third-order valence-electron chi connectivity index (χ3n) is 5.32. The van der Waals surface area contributed by atoms with Gasteiger partial charge < -0.3 is 10.2 Å². The van der Waals surface area contributed by atoms with Gasteiger partial charge in [-0.1, -0.05) is 42.8 Å². The molecule has 33 heavy (non-hydrogen) atoms. The van der Waals surface area contributed by atoms with Crippen LogP contribution in [0.15, 0.2) is 42.5 Å². The average Bonchev–Trinajstić information content (AvgIpc) is 2.74. The number of carbonyl (C=O) groups is 2. The Morgan fingerprint density at radius 3 is 2.24 bits per heavy atom. The summed E-state index contributed by atoms with van der Waals surface area (Å²) in [5.74, 6) is -0.741. The molecule has 0 aliphatic heterocycles. The molecule has 0 aromatic heterocycles. The molecule has 1 atom stereocenters. The summed E-state index contributed by atoms with van der Waals surface area (Å²) in [6.45, 7) is 7.45. The Labute approximate surface area is 201 Å². The summed E-state index contributed by atoms with van der Waals surface area (Å²) in [6.07, 6.45) is 1.46. The minimum Gasteiger partial charge on any atom is -0.355 e. The summed E-state index contributed by atoms with van der Waals surface area (Å²) in [7, 11) is -3.76. The van der Waals surface area contributed by atoms with E-state index >= 15 is 0 Å². The SMILES string of the molecule is CCNC(=O)[C@H](CC)N(Cc1ccc(Cl)cc1)C(=O)CN(c1cc(C)ccc1C)S(C)(=O)=O. The first-order chi connectivity index (χ1) is 15.5. The van der Waals surface area contributed by atoms with Gasteiger partial charge in [0.2, 0.25) is 21.8 Å². The smallest absolute Gasteiger partial charge is 0.244 e. The summed E-state index contributed by atoms with van der Waals surface area (Å²) in [6, 6.07) is 11.7. The van der Waals surface area contributed by atoms with Crippen molar-refractivity contribution in [1.29, 1.82) is 0 Å². The van der Waals surface area contributed by atoms with Crippen LogP contribution in [0.25, 0.3) is 0 Å². The van der Waals surface area contributed by atoms with Gasteiger partial charge in [-0.25, -0.2) is 8.42 Å². The molecule has 1 N–H and O–H groups in total. The summed E-state index contributed by atoms with van der Waals surface area (Å²) < 4.78 is 26.5. The van der Waals surface area contributed by atoms with Crippen LogP contribution in [0.3, 0.4) is 0 Å². The number of halogens is 1. The molecule has 9 heteroatoms. The number of nitrogens with one attached hydrogen (secondary N) is 1. The Kier molecular flexibility index (Phi) is 9.31. The van der Waals surface area contributed by atoms with Gasteiger partial charge in [-0.2, -0.15) is 0 Å². The molecule has 7 nitrogen and oxygen atoms in total. The number of amides is 2. The second-order valence-corrected chi connectivity index (χ2v) is 10.4. The van der Waals surface area contributed by atoms with Gasteiger partial charge in [-0.15, -0.1) is 0 Å². The van der Waals surface area contributed by atoms with E-state index in [0.29, 0.717) is 23.7 Å². The molecule has 0 bridgehead atoms. The number of rotatable bonds is 10. The van der Waals surface area contributed by atoms with Gasteiger partial charge in [0.05, 0.1) is 11.9 Å². The molecule has 0 spiro atoms. The zero-order valence-electron chi connectivity index (χ0n) is 19.8. The number of hydrogen-bond acceptors (Lipinski definition) is 4. The lowest BCUT2D eigenvalue weighted by molar-refractivity contribution is -0.140. The molecule has 0 unspecified atom stereocenters. The zero-order valence-corrected chi connectivity index (χ0v) is 21.3. The van der Waals surface area contributed by atoms with Gasteiger partial charge in [-0.3, -0.25) is 13.9 Å². The lowest BCUT2D eigenvalue weighted by Crippen LogP contribution is -2.52. The topological polar surface area (TPSA) is 86.8 Å². The number of aryl methyl sites for hydroxylation is 2. The number of likely N-dealkylation sites (N-methyl/N-ethyl adjacent to an activating group) is 1.